The molecule has 0 saturated heterocycles. The summed E-state index contributed by atoms with van der Waals surface area (Å²) >= 11 is 6.13. The van der Waals surface area contributed by atoms with E-state index in [1.165, 1.54) is 0 Å². The number of aryl methyl sites for hydroxylation is 1. The Hall–Kier alpha value is -2.47. The fourth-order valence-electron chi connectivity index (χ4n) is 1.73. The van der Waals surface area contributed by atoms with Gasteiger partial charge in [-0.1, -0.05) is 23.7 Å². The Kier molecular flexibility index (Phi) is 3.08. The number of nitrogens with two attached hydrogens (primary N) is 1. The molecule has 0 atom stereocenters. The quantitative estimate of drug-likeness (QED) is 0.781. The summed E-state index contributed by atoms with van der Waals surface area (Å²) in [6.45, 7) is 1.94. The van der Waals surface area contributed by atoms with Crippen LogP contribution >= 0.6 is 11.6 Å². The summed E-state index contributed by atoms with van der Waals surface area (Å²) in [5.41, 5.74) is 7.52. The maximum atomic E-state index is 6.13. The molecule has 0 aliphatic carbocycles. The lowest BCUT2D eigenvalue weighted by molar-refractivity contribution is 0.906. The predicted molar refractivity (Wildman–Crippen MR) is 76.5 cm³/mol. The van der Waals surface area contributed by atoms with Gasteiger partial charge in [-0.15, -0.1) is 0 Å². The second-order valence-electron chi connectivity index (χ2n) is 4.25. The van der Waals surface area contributed by atoms with Crippen molar-refractivity contribution in [1.29, 1.82) is 0 Å². The van der Waals surface area contributed by atoms with Gasteiger partial charge in [0.25, 0.3) is 0 Å². The molecule has 0 unspecified atom stereocenters. The first-order chi connectivity index (χ1) is 9.63. The lowest BCUT2D eigenvalue weighted by atomic mass is 10.1. The minimum absolute atomic E-state index is 0.149. The molecular weight excluding hydrogens is 276 g/mol. The minimum atomic E-state index is 0.149. The molecule has 6 nitrogen and oxygen atoms in total. The molecule has 0 spiro atoms. The molecule has 0 aliphatic heterocycles. The van der Waals surface area contributed by atoms with Gasteiger partial charge >= 0.3 is 0 Å². The van der Waals surface area contributed by atoms with Crippen molar-refractivity contribution in [3.63, 3.8) is 0 Å². The third-order valence-corrected chi connectivity index (χ3v) is 3.21. The summed E-state index contributed by atoms with van der Waals surface area (Å²) < 4.78 is 1.66. The fraction of sp³-hybridized carbons (Fsp3) is 0.0769. The molecule has 2 aromatic heterocycles. The van der Waals surface area contributed by atoms with E-state index < -0.39 is 0 Å². The van der Waals surface area contributed by atoms with Crippen molar-refractivity contribution in [3.05, 3.63) is 47.5 Å². The smallest absolute Gasteiger partial charge is 0.240 e. The second kappa shape index (κ2) is 4.90. The van der Waals surface area contributed by atoms with E-state index in [-0.39, 0.29) is 5.95 Å². The Morgan fingerprint density at radius 1 is 1.20 bits per heavy atom. The van der Waals surface area contributed by atoms with Crippen LogP contribution in [0.4, 0.5) is 5.95 Å². The predicted octanol–water partition coefficient (Wildman–Crippen LogP) is 2.27. The van der Waals surface area contributed by atoms with Crippen LogP contribution < -0.4 is 5.73 Å². The number of hydrogen-bond donors (Lipinski definition) is 1. The van der Waals surface area contributed by atoms with E-state index in [1.807, 2.05) is 25.1 Å². The molecule has 2 heterocycles. The van der Waals surface area contributed by atoms with Crippen LogP contribution in [0.25, 0.3) is 17.3 Å². The van der Waals surface area contributed by atoms with Gasteiger partial charge in [-0.3, -0.25) is 4.57 Å². The number of nitrogen functional groups attached to an aromatic ring is 1. The number of nitrogens with zero attached hydrogens (tertiary/aromatic N) is 5. The number of benzene rings is 1. The van der Waals surface area contributed by atoms with E-state index in [4.69, 9.17) is 17.3 Å². The van der Waals surface area contributed by atoms with Crippen LogP contribution in [0.3, 0.4) is 0 Å². The van der Waals surface area contributed by atoms with Crippen molar-refractivity contribution < 1.29 is 0 Å². The van der Waals surface area contributed by atoms with Gasteiger partial charge in [0.15, 0.2) is 5.82 Å². The molecule has 0 amide bonds. The van der Waals surface area contributed by atoms with E-state index in [9.17, 15) is 0 Å². The number of halogens is 1. The van der Waals surface area contributed by atoms with Crippen LogP contribution in [0.15, 0.2) is 36.9 Å². The van der Waals surface area contributed by atoms with Crippen LogP contribution in [-0.4, -0.2) is 24.5 Å². The zero-order valence-corrected chi connectivity index (χ0v) is 11.4. The van der Waals surface area contributed by atoms with Crippen LogP contribution in [0.2, 0.25) is 5.02 Å². The molecule has 0 radical (unpaired) electrons. The van der Waals surface area contributed by atoms with Crippen LogP contribution in [0.5, 0.6) is 0 Å². The van der Waals surface area contributed by atoms with Crippen molar-refractivity contribution in [2.24, 2.45) is 0 Å². The highest BCUT2D eigenvalue weighted by atomic mass is 35.5. The second-order valence-corrected chi connectivity index (χ2v) is 4.66. The van der Waals surface area contributed by atoms with Gasteiger partial charge in [0, 0.05) is 23.0 Å². The highest BCUT2D eigenvalue weighted by Crippen LogP contribution is 2.23. The van der Waals surface area contributed by atoms with E-state index in [0.29, 0.717) is 16.8 Å². The van der Waals surface area contributed by atoms with E-state index in [0.717, 1.165) is 11.1 Å². The topological polar surface area (TPSA) is 82.5 Å². The third-order valence-electron chi connectivity index (χ3n) is 2.81. The Bertz CT molecular complexity index is 754. The van der Waals surface area contributed by atoms with Gasteiger partial charge in [-0.05, 0) is 18.6 Å². The monoisotopic (exact) mass is 286 g/mol. The highest BCUT2D eigenvalue weighted by Gasteiger charge is 2.09. The number of aromatic nitrogens is 5. The molecule has 0 fully saturated rings. The van der Waals surface area contributed by atoms with Crippen molar-refractivity contribution in [3.8, 4) is 17.3 Å². The molecule has 3 rings (SSSR count). The molecule has 0 bridgehead atoms. The molecular formula is C13H11ClN6. The third kappa shape index (κ3) is 2.33. The number of hydrogen-bond acceptors (Lipinski definition) is 5. The largest absolute Gasteiger partial charge is 0.368 e. The van der Waals surface area contributed by atoms with Crippen molar-refractivity contribution in [1.82, 2.24) is 24.5 Å². The Balaban J connectivity index is 2.12. The summed E-state index contributed by atoms with van der Waals surface area (Å²) in [6, 6.07) is 5.62. The van der Waals surface area contributed by atoms with E-state index in [2.05, 4.69) is 19.9 Å². The molecule has 0 saturated carbocycles. The lowest BCUT2D eigenvalue weighted by Crippen LogP contribution is -2.06. The van der Waals surface area contributed by atoms with Gasteiger partial charge in [0.2, 0.25) is 11.9 Å². The summed E-state index contributed by atoms with van der Waals surface area (Å²) in [7, 11) is 0. The van der Waals surface area contributed by atoms with Crippen LogP contribution in [-0.2, 0) is 0 Å². The summed E-state index contributed by atoms with van der Waals surface area (Å²) in [5, 5.41) is 0.658. The number of anilines is 1. The zero-order valence-electron chi connectivity index (χ0n) is 10.7. The SMILES string of the molecule is Cc1ccc(-c2nc(N)nc(-n3ccnc3)n2)cc1Cl. The standard InChI is InChI=1S/C13H11ClN6/c1-8-2-3-9(6-10(8)14)11-17-12(15)19-13(18-11)20-5-4-16-7-20/h2-7H,1H3,(H2,15,17,18,19). The van der Waals surface area contributed by atoms with Gasteiger partial charge in [0.1, 0.15) is 6.33 Å². The lowest BCUT2D eigenvalue weighted by Gasteiger charge is -2.06. The number of imidazole rings is 1. The van der Waals surface area contributed by atoms with Gasteiger partial charge < -0.3 is 5.73 Å². The average Bonchev–Trinajstić information content (AvgIpc) is 2.95. The van der Waals surface area contributed by atoms with Gasteiger partial charge in [0.05, 0.1) is 0 Å². The first-order valence-corrected chi connectivity index (χ1v) is 6.28. The normalized spacial score (nSPS) is 10.7. The zero-order chi connectivity index (χ0) is 14.1. The summed E-state index contributed by atoms with van der Waals surface area (Å²) in [6.07, 6.45) is 4.98. The maximum absolute atomic E-state index is 6.13. The van der Waals surface area contributed by atoms with Gasteiger partial charge in [-0.2, -0.15) is 15.0 Å². The summed E-state index contributed by atoms with van der Waals surface area (Å²) in [4.78, 5) is 16.6. The van der Waals surface area contributed by atoms with E-state index in [1.54, 1.807) is 23.3 Å². The van der Waals surface area contributed by atoms with Gasteiger partial charge in [-0.25, -0.2) is 4.98 Å². The first kappa shape index (κ1) is 12.6. The minimum Gasteiger partial charge on any atom is -0.368 e. The van der Waals surface area contributed by atoms with Crippen molar-refractivity contribution >= 4 is 17.5 Å². The van der Waals surface area contributed by atoms with Crippen LogP contribution in [0, 0.1) is 6.92 Å². The Morgan fingerprint density at radius 2 is 2.05 bits per heavy atom. The Labute approximate surface area is 120 Å². The van der Waals surface area contributed by atoms with Crippen LogP contribution in [0.1, 0.15) is 5.56 Å². The Morgan fingerprint density at radius 3 is 2.75 bits per heavy atom. The molecule has 0 aliphatic rings. The molecule has 2 N–H and O–H groups in total. The molecule has 100 valence electrons. The molecule has 20 heavy (non-hydrogen) atoms. The summed E-state index contributed by atoms with van der Waals surface area (Å²) in [5.74, 6) is 1.04. The van der Waals surface area contributed by atoms with Crippen molar-refractivity contribution in [2.45, 2.75) is 6.92 Å². The average molecular weight is 287 g/mol. The fourth-order valence-corrected chi connectivity index (χ4v) is 1.92. The molecule has 1 aromatic carbocycles. The molecule has 3 aromatic rings. The first-order valence-electron chi connectivity index (χ1n) is 5.90. The molecule has 7 heteroatoms. The van der Waals surface area contributed by atoms with Crippen molar-refractivity contribution in [2.75, 3.05) is 5.73 Å². The highest BCUT2D eigenvalue weighted by molar-refractivity contribution is 6.31. The number of rotatable bonds is 2. The van der Waals surface area contributed by atoms with E-state index >= 15 is 0 Å². The maximum Gasteiger partial charge on any atom is 0.240 e.